The number of aliphatic imine (C=N–C) groups is 2. The van der Waals surface area contributed by atoms with Crippen molar-refractivity contribution in [2.24, 2.45) is 21.6 Å². The Morgan fingerprint density at radius 1 is 1.05 bits per heavy atom. The zero-order valence-electron chi connectivity index (χ0n) is 22.8. The third kappa shape index (κ3) is 5.55. The summed E-state index contributed by atoms with van der Waals surface area (Å²) in [6, 6.07) is 25.0. The zero-order valence-corrected chi connectivity index (χ0v) is 22.8. The summed E-state index contributed by atoms with van der Waals surface area (Å²) in [4.78, 5) is 13.3. The number of amidine groups is 1. The fourth-order valence-electron chi connectivity index (χ4n) is 4.57. The van der Waals surface area contributed by atoms with E-state index in [1.54, 1.807) is 18.2 Å². The third-order valence-corrected chi connectivity index (χ3v) is 6.67. The number of hydrogen-bond acceptors (Lipinski definition) is 10. The minimum absolute atomic E-state index is 0.205. The predicted octanol–water partition coefficient (Wildman–Crippen LogP) is 3.06. The van der Waals surface area contributed by atoms with Crippen molar-refractivity contribution in [1.82, 2.24) is 9.91 Å². The Bertz CT molecular complexity index is 1520. The zero-order chi connectivity index (χ0) is 28.2. The van der Waals surface area contributed by atoms with Crippen molar-refractivity contribution in [2.75, 3.05) is 39.1 Å². The Morgan fingerprint density at radius 3 is 2.55 bits per heavy atom. The van der Waals surface area contributed by atoms with Gasteiger partial charge < -0.3 is 25.0 Å². The Kier molecular flexibility index (Phi) is 7.57. The van der Waals surface area contributed by atoms with Crippen molar-refractivity contribution >= 4 is 17.2 Å². The summed E-state index contributed by atoms with van der Waals surface area (Å²) in [6.07, 6.45) is -0.475. The first-order valence-corrected chi connectivity index (χ1v) is 12.9. The first-order chi connectivity index (χ1) is 19.3. The molecule has 2 aliphatic heterocycles. The van der Waals surface area contributed by atoms with Crippen molar-refractivity contribution in [3.63, 3.8) is 0 Å². The number of hydrogen-bond donors (Lipinski definition) is 2. The normalized spacial score (nSPS) is 16.8. The molecular formula is C30H32N8O2. The number of ether oxygens (including phenoxy) is 2. The molecule has 204 valence electrons. The maximum atomic E-state index is 9.50. The second-order valence-corrected chi connectivity index (χ2v) is 9.75. The van der Waals surface area contributed by atoms with Crippen LogP contribution in [0.2, 0.25) is 0 Å². The Morgan fingerprint density at radius 2 is 1.85 bits per heavy atom. The van der Waals surface area contributed by atoms with Crippen LogP contribution in [-0.2, 0) is 6.42 Å². The van der Waals surface area contributed by atoms with E-state index in [1.165, 1.54) is 5.01 Å². The molecule has 10 heteroatoms. The first-order valence-electron chi connectivity index (χ1n) is 12.9. The highest BCUT2D eigenvalue weighted by molar-refractivity contribution is 6.02. The van der Waals surface area contributed by atoms with Gasteiger partial charge in [0, 0.05) is 45.7 Å². The highest BCUT2D eigenvalue weighted by Crippen LogP contribution is 2.29. The van der Waals surface area contributed by atoms with Gasteiger partial charge >= 0.3 is 0 Å². The summed E-state index contributed by atoms with van der Waals surface area (Å²) in [7, 11) is 5.74. The van der Waals surface area contributed by atoms with E-state index < -0.39 is 6.35 Å². The Labute approximate surface area is 234 Å². The van der Waals surface area contributed by atoms with Gasteiger partial charge in [0.15, 0.2) is 0 Å². The van der Waals surface area contributed by atoms with Gasteiger partial charge in [-0.25, -0.2) is 15.8 Å². The van der Waals surface area contributed by atoms with Crippen molar-refractivity contribution in [3.05, 3.63) is 101 Å². The standard InChI is InChI=1S/C30H32N8O2/c1-36(2)26-18-24(13-12-22(26)19-31)39-29-27(32)25(16-20-8-5-4-6-9-20)35-30(38(29)33)40-23-11-7-10-21(17-23)28-34-14-15-37(28)3/h4-13,17-18,30H,14-16,32-33H2,1-3H3. The number of nitrogens with zero attached hydrogens (tertiary/aromatic N) is 6. The minimum atomic E-state index is -0.939. The van der Waals surface area contributed by atoms with Gasteiger partial charge in [0.1, 0.15) is 29.1 Å². The molecule has 0 aromatic heterocycles. The van der Waals surface area contributed by atoms with E-state index in [0.29, 0.717) is 40.6 Å². The number of nitriles is 1. The summed E-state index contributed by atoms with van der Waals surface area (Å²) < 4.78 is 12.6. The van der Waals surface area contributed by atoms with Crippen LogP contribution in [0.1, 0.15) is 16.7 Å². The monoisotopic (exact) mass is 536 g/mol. The number of hydrazine groups is 1. The highest BCUT2D eigenvalue weighted by atomic mass is 16.5. The van der Waals surface area contributed by atoms with Gasteiger partial charge in [-0.1, -0.05) is 42.5 Å². The van der Waals surface area contributed by atoms with E-state index in [1.807, 2.05) is 80.6 Å². The molecule has 2 heterocycles. The third-order valence-electron chi connectivity index (χ3n) is 6.67. The average molecular weight is 537 g/mol. The van der Waals surface area contributed by atoms with E-state index in [0.717, 1.165) is 30.1 Å². The molecule has 0 fully saturated rings. The van der Waals surface area contributed by atoms with Crippen LogP contribution >= 0.6 is 0 Å². The van der Waals surface area contributed by atoms with Crippen molar-refractivity contribution in [3.8, 4) is 17.6 Å². The Hall–Kier alpha value is -5.01. The molecule has 2 aliphatic rings. The van der Waals surface area contributed by atoms with E-state index in [9.17, 15) is 5.26 Å². The molecule has 0 saturated heterocycles. The van der Waals surface area contributed by atoms with Crippen LogP contribution < -0.4 is 25.9 Å². The van der Waals surface area contributed by atoms with E-state index >= 15 is 0 Å². The van der Waals surface area contributed by atoms with Crippen LogP contribution in [-0.4, -0.2) is 62.0 Å². The number of anilines is 1. The lowest BCUT2D eigenvalue weighted by atomic mass is 10.1. The van der Waals surface area contributed by atoms with Gasteiger partial charge in [-0.15, -0.1) is 0 Å². The molecule has 0 saturated carbocycles. The van der Waals surface area contributed by atoms with Gasteiger partial charge in [0.2, 0.25) is 5.88 Å². The molecule has 3 aromatic carbocycles. The van der Waals surface area contributed by atoms with Crippen LogP contribution in [0.5, 0.6) is 11.5 Å². The number of benzene rings is 3. The topological polar surface area (TPSA) is 129 Å². The lowest BCUT2D eigenvalue weighted by Gasteiger charge is -2.33. The second-order valence-electron chi connectivity index (χ2n) is 9.75. The van der Waals surface area contributed by atoms with Crippen molar-refractivity contribution in [2.45, 2.75) is 12.8 Å². The van der Waals surface area contributed by atoms with Crippen LogP contribution in [0.25, 0.3) is 0 Å². The molecule has 0 aliphatic carbocycles. The lowest BCUT2D eigenvalue weighted by Crippen LogP contribution is -2.49. The van der Waals surface area contributed by atoms with Crippen molar-refractivity contribution < 1.29 is 9.47 Å². The quantitative estimate of drug-likeness (QED) is 0.421. The van der Waals surface area contributed by atoms with Crippen LogP contribution in [0.15, 0.2) is 94.4 Å². The van der Waals surface area contributed by atoms with Gasteiger partial charge in [-0.2, -0.15) is 5.26 Å². The minimum Gasteiger partial charge on any atom is -0.449 e. The molecule has 0 spiro atoms. The summed E-state index contributed by atoms with van der Waals surface area (Å²) in [5, 5.41) is 10.8. The molecule has 0 radical (unpaired) electrons. The fourth-order valence-corrected chi connectivity index (χ4v) is 4.57. The molecule has 10 nitrogen and oxygen atoms in total. The van der Waals surface area contributed by atoms with E-state index in [4.69, 9.17) is 26.0 Å². The molecule has 3 aromatic rings. The van der Waals surface area contributed by atoms with Gasteiger partial charge in [0.05, 0.1) is 23.5 Å². The average Bonchev–Trinajstić information content (AvgIpc) is 3.40. The maximum absolute atomic E-state index is 9.50. The maximum Gasteiger partial charge on any atom is 0.286 e. The fraction of sp³-hybridized carbons (Fsp3) is 0.233. The largest absolute Gasteiger partial charge is 0.449 e. The van der Waals surface area contributed by atoms with E-state index in [2.05, 4.69) is 16.0 Å². The van der Waals surface area contributed by atoms with Crippen LogP contribution in [0.3, 0.4) is 0 Å². The summed E-state index contributed by atoms with van der Waals surface area (Å²) >= 11 is 0. The van der Waals surface area contributed by atoms with Crippen molar-refractivity contribution in [1.29, 1.82) is 5.26 Å². The van der Waals surface area contributed by atoms with Gasteiger partial charge in [-0.3, -0.25) is 4.99 Å². The molecular weight excluding hydrogens is 504 g/mol. The molecule has 40 heavy (non-hydrogen) atoms. The van der Waals surface area contributed by atoms with E-state index in [-0.39, 0.29) is 5.88 Å². The number of nitrogens with two attached hydrogens (primary N) is 2. The van der Waals surface area contributed by atoms with Gasteiger partial charge in [0.25, 0.3) is 6.35 Å². The second kappa shape index (κ2) is 11.4. The lowest BCUT2D eigenvalue weighted by molar-refractivity contribution is 0.0226. The van der Waals surface area contributed by atoms with Gasteiger partial charge in [-0.05, 0) is 29.8 Å². The molecule has 1 atom stereocenters. The number of likely N-dealkylation sites (N-methyl/N-ethyl adjacent to an activating group) is 1. The predicted molar refractivity (Wildman–Crippen MR) is 156 cm³/mol. The summed E-state index contributed by atoms with van der Waals surface area (Å²) in [6.45, 7) is 1.64. The smallest absolute Gasteiger partial charge is 0.286 e. The Balaban J connectivity index is 1.48. The summed E-state index contributed by atoms with van der Waals surface area (Å²) in [5.41, 5.74) is 10.7. The van der Waals surface area contributed by atoms with Crippen LogP contribution in [0, 0.1) is 11.3 Å². The molecule has 4 N–H and O–H groups in total. The number of allylic oxidation sites excluding steroid dienone is 1. The summed E-state index contributed by atoms with van der Waals surface area (Å²) in [5.74, 6) is 8.72. The molecule has 0 amide bonds. The molecule has 1 unspecified atom stereocenters. The number of rotatable bonds is 8. The SMILES string of the molecule is CN1CCN=C1c1cccc(OC2N=C(Cc3ccccc3)C(N)=C(Oc3ccc(C#N)c(N(C)C)c3)N2N)c1. The first kappa shape index (κ1) is 26.6. The van der Waals surface area contributed by atoms with Crippen LogP contribution in [0.4, 0.5) is 5.69 Å². The highest BCUT2D eigenvalue weighted by Gasteiger charge is 2.31. The molecule has 0 bridgehead atoms. The molecule has 5 rings (SSSR count).